The topological polar surface area (TPSA) is 59.1 Å². The molecule has 0 radical (unpaired) electrons. The third-order valence-electron chi connectivity index (χ3n) is 2.65. The molecule has 1 heterocycles. The second kappa shape index (κ2) is 5.71. The van der Waals surface area contributed by atoms with Crippen LogP contribution in [0, 0.1) is 13.8 Å². The van der Waals surface area contributed by atoms with Gasteiger partial charge in [-0.1, -0.05) is 27.5 Å². The van der Waals surface area contributed by atoms with E-state index in [1.165, 1.54) is 12.1 Å². The molecule has 1 aromatic heterocycles. The van der Waals surface area contributed by atoms with Gasteiger partial charge in [0.25, 0.3) is 10.0 Å². The van der Waals surface area contributed by atoms with Crippen molar-refractivity contribution in [2.24, 2.45) is 0 Å². The average Bonchev–Trinajstić information content (AvgIpc) is 2.32. The first-order valence-corrected chi connectivity index (χ1v) is 8.37. The Morgan fingerprint density at radius 3 is 2.50 bits per heavy atom. The lowest BCUT2D eigenvalue weighted by atomic mass is 10.3. The Kier molecular flexibility index (Phi) is 4.36. The van der Waals surface area contributed by atoms with Crippen LogP contribution in [-0.2, 0) is 10.0 Å². The number of hydrogen-bond donors (Lipinski definition) is 1. The number of benzene rings is 1. The van der Waals surface area contributed by atoms with E-state index < -0.39 is 10.0 Å². The van der Waals surface area contributed by atoms with Gasteiger partial charge in [0, 0.05) is 10.2 Å². The highest BCUT2D eigenvalue weighted by atomic mass is 79.9. The van der Waals surface area contributed by atoms with Gasteiger partial charge in [-0.3, -0.25) is 9.71 Å². The maximum atomic E-state index is 12.3. The average molecular weight is 376 g/mol. The van der Waals surface area contributed by atoms with E-state index in [2.05, 4.69) is 25.6 Å². The number of anilines is 1. The van der Waals surface area contributed by atoms with E-state index in [-0.39, 0.29) is 9.92 Å². The van der Waals surface area contributed by atoms with Crippen molar-refractivity contribution < 1.29 is 8.42 Å². The van der Waals surface area contributed by atoms with Gasteiger partial charge in [0.05, 0.1) is 16.4 Å². The molecule has 106 valence electrons. The lowest BCUT2D eigenvalue weighted by molar-refractivity contribution is 0.601. The predicted octanol–water partition coefficient (Wildman–Crippen LogP) is 3.92. The van der Waals surface area contributed by atoms with Gasteiger partial charge in [-0.05, 0) is 44.2 Å². The monoisotopic (exact) mass is 374 g/mol. The molecule has 4 nitrogen and oxygen atoms in total. The smallest absolute Gasteiger partial charge is 0.263 e. The number of aryl methyl sites for hydroxylation is 2. The summed E-state index contributed by atoms with van der Waals surface area (Å²) in [6, 6.07) is 8.04. The van der Waals surface area contributed by atoms with Crippen LogP contribution in [0.15, 0.2) is 39.7 Å². The van der Waals surface area contributed by atoms with Gasteiger partial charge in [0.2, 0.25) is 0 Å². The summed E-state index contributed by atoms with van der Waals surface area (Å²) in [7, 11) is -3.74. The first kappa shape index (κ1) is 15.3. The fourth-order valence-electron chi connectivity index (χ4n) is 1.69. The number of sulfonamides is 1. The zero-order valence-corrected chi connectivity index (χ0v) is 14.0. The zero-order valence-electron chi connectivity index (χ0n) is 10.8. The molecular weight excluding hydrogens is 364 g/mol. The van der Waals surface area contributed by atoms with E-state index >= 15 is 0 Å². The summed E-state index contributed by atoms with van der Waals surface area (Å²) in [5.74, 6) is 0. The van der Waals surface area contributed by atoms with Crippen LogP contribution in [0.25, 0.3) is 0 Å². The summed E-state index contributed by atoms with van der Waals surface area (Å²) in [5.41, 5.74) is 1.88. The Morgan fingerprint density at radius 2 is 1.90 bits per heavy atom. The third-order valence-corrected chi connectivity index (χ3v) is 4.99. The van der Waals surface area contributed by atoms with Crippen molar-refractivity contribution in [3.8, 4) is 0 Å². The molecular formula is C13H12BrClN2O2S. The van der Waals surface area contributed by atoms with Crippen LogP contribution in [0.1, 0.15) is 11.4 Å². The molecule has 0 atom stereocenters. The van der Waals surface area contributed by atoms with Crippen molar-refractivity contribution in [2.45, 2.75) is 18.7 Å². The van der Waals surface area contributed by atoms with Crippen LogP contribution in [0.3, 0.4) is 0 Å². The summed E-state index contributed by atoms with van der Waals surface area (Å²) >= 11 is 9.22. The summed E-state index contributed by atoms with van der Waals surface area (Å²) in [6.45, 7) is 3.59. The Balaban J connectivity index is 2.41. The van der Waals surface area contributed by atoms with Crippen molar-refractivity contribution in [1.82, 2.24) is 4.98 Å². The van der Waals surface area contributed by atoms with Gasteiger partial charge >= 0.3 is 0 Å². The molecule has 0 aliphatic heterocycles. The number of halogens is 2. The summed E-state index contributed by atoms with van der Waals surface area (Å²) in [4.78, 5) is 4.25. The maximum Gasteiger partial charge on any atom is 0.263 e. The molecule has 0 unspecified atom stereocenters. The van der Waals surface area contributed by atoms with Crippen molar-refractivity contribution in [1.29, 1.82) is 0 Å². The highest BCUT2D eigenvalue weighted by molar-refractivity contribution is 9.10. The number of rotatable bonds is 3. The van der Waals surface area contributed by atoms with E-state index in [0.717, 1.165) is 10.2 Å². The quantitative estimate of drug-likeness (QED) is 0.884. The van der Waals surface area contributed by atoms with Crippen LogP contribution >= 0.6 is 27.5 Å². The molecule has 7 heteroatoms. The molecule has 0 bridgehead atoms. The number of aromatic nitrogens is 1. The fourth-order valence-corrected chi connectivity index (χ4v) is 3.84. The zero-order chi connectivity index (χ0) is 14.9. The molecule has 2 aromatic rings. The minimum Gasteiger partial charge on any atom is -0.278 e. The van der Waals surface area contributed by atoms with Gasteiger partial charge in [0.1, 0.15) is 4.90 Å². The minimum absolute atomic E-state index is 0.0299. The van der Waals surface area contributed by atoms with Gasteiger partial charge < -0.3 is 0 Å². The Bertz CT molecular complexity index is 763. The van der Waals surface area contributed by atoms with Crippen LogP contribution in [0.5, 0.6) is 0 Å². The number of pyridine rings is 1. The normalized spacial score (nSPS) is 11.4. The standard InChI is InChI=1S/C13H12BrClN2O2S/c1-8-3-5-12(9(2)16-8)17-20(18,19)13-6-4-10(14)7-11(13)15/h3-7,17H,1-2H3. The minimum atomic E-state index is -3.74. The van der Waals surface area contributed by atoms with E-state index in [1.807, 2.05) is 6.92 Å². The maximum absolute atomic E-state index is 12.3. The van der Waals surface area contributed by atoms with E-state index in [9.17, 15) is 8.42 Å². The molecule has 20 heavy (non-hydrogen) atoms. The number of nitrogens with one attached hydrogen (secondary N) is 1. The van der Waals surface area contributed by atoms with Crippen molar-refractivity contribution >= 4 is 43.2 Å². The lowest BCUT2D eigenvalue weighted by Crippen LogP contribution is -2.14. The molecule has 0 saturated carbocycles. The van der Waals surface area contributed by atoms with Gasteiger partial charge in [0.15, 0.2) is 0 Å². The van der Waals surface area contributed by atoms with E-state index in [1.54, 1.807) is 25.1 Å². The van der Waals surface area contributed by atoms with Crippen LogP contribution in [0.4, 0.5) is 5.69 Å². The lowest BCUT2D eigenvalue weighted by Gasteiger charge is -2.11. The molecule has 1 N–H and O–H groups in total. The van der Waals surface area contributed by atoms with Crippen molar-refractivity contribution in [3.05, 3.63) is 51.2 Å². The second-order valence-electron chi connectivity index (χ2n) is 4.27. The Hall–Kier alpha value is -1.11. The Labute approximate surface area is 131 Å². The fraction of sp³-hybridized carbons (Fsp3) is 0.154. The second-order valence-corrected chi connectivity index (χ2v) is 7.24. The summed E-state index contributed by atoms with van der Waals surface area (Å²) < 4.78 is 27.9. The summed E-state index contributed by atoms with van der Waals surface area (Å²) in [6.07, 6.45) is 0. The van der Waals surface area contributed by atoms with Crippen LogP contribution in [0.2, 0.25) is 5.02 Å². The molecule has 0 fully saturated rings. The first-order valence-electron chi connectivity index (χ1n) is 5.72. The number of hydrogen-bond acceptors (Lipinski definition) is 3. The van der Waals surface area contributed by atoms with Crippen molar-refractivity contribution in [3.63, 3.8) is 0 Å². The highest BCUT2D eigenvalue weighted by Crippen LogP contribution is 2.27. The Morgan fingerprint density at radius 1 is 1.20 bits per heavy atom. The predicted molar refractivity (Wildman–Crippen MR) is 83.7 cm³/mol. The van der Waals surface area contributed by atoms with Gasteiger partial charge in [-0.15, -0.1) is 0 Å². The SMILES string of the molecule is Cc1ccc(NS(=O)(=O)c2ccc(Br)cc2Cl)c(C)n1. The van der Waals surface area contributed by atoms with Crippen LogP contribution < -0.4 is 4.72 Å². The first-order chi connectivity index (χ1) is 9.29. The van der Waals surface area contributed by atoms with Crippen LogP contribution in [-0.4, -0.2) is 13.4 Å². The van der Waals surface area contributed by atoms with Gasteiger partial charge in [-0.2, -0.15) is 0 Å². The highest BCUT2D eigenvalue weighted by Gasteiger charge is 2.19. The summed E-state index contributed by atoms with van der Waals surface area (Å²) in [5, 5.41) is 0.157. The van der Waals surface area contributed by atoms with E-state index in [0.29, 0.717) is 11.4 Å². The molecule has 0 spiro atoms. The molecule has 0 saturated heterocycles. The molecule has 2 rings (SSSR count). The molecule has 1 aromatic carbocycles. The largest absolute Gasteiger partial charge is 0.278 e. The van der Waals surface area contributed by atoms with Crippen molar-refractivity contribution in [2.75, 3.05) is 4.72 Å². The molecule has 0 aliphatic carbocycles. The van der Waals surface area contributed by atoms with Gasteiger partial charge in [-0.25, -0.2) is 8.42 Å². The molecule has 0 aliphatic rings. The third kappa shape index (κ3) is 3.31. The van der Waals surface area contributed by atoms with E-state index in [4.69, 9.17) is 11.6 Å². The molecule has 0 amide bonds. The number of nitrogens with zero attached hydrogens (tertiary/aromatic N) is 1.